The summed E-state index contributed by atoms with van der Waals surface area (Å²) in [6, 6.07) is 10.6. The number of sulfonamides is 1. The zero-order valence-corrected chi connectivity index (χ0v) is 25.6. The molecule has 0 aliphatic carbocycles. The van der Waals surface area contributed by atoms with Crippen molar-refractivity contribution in [2.24, 2.45) is 5.92 Å². The second kappa shape index (κ2) is 15.5. The highest BCUT2D eigenvalue weighted by Crippen LogP contribution is 2.28. The van der Waals surface area contributed by atoms with E-state index < -0.39 is 28.1 Å². The largest absolute Gasteiger partial charge is 0.390 e. The first kappa shape index (κ1) is 32.8. The van der Waals surface area contributed by atoms with Crippen molar-refractivity contribution in [1.82, 2.24) is 10.6 Å². The van der Waals surface area contributed by atoms with Crippen molar-refractivity contribution >= 4 is 27.3 Å². The molecule has 1 heterocycles. The summed E-state index contributed by atoms with van der Waals surface area (Å²) in [6.07, 6.45) is 3.86. The maximum atomic E-state index is 14.0. The predicted octanol–water partition coefficient (Wildman–Crippen LogP) is 4.69. The summed E-state index contributed by atoms with van der Waals surface area (Å²) < 4.78 is 40.9. The van der Waals surface area contributed by atoms with E-state index in [9.17, 15) is 22.7 Å². The molecule has 1 aliphatic heterocycles. The van der Waals surface area contributed by atoms with Crippen LogP contribution in [-0.4, -0.2) is 63.0 Å². The molecule has 1 unspecified atom stereocenters. The second-order valence-corrected chi connectivity index (χ2v) is 13.5. The molecule has 3 atom stereocenters. The van der Waals surface area contributed by atoms with Gasteiger partial charge in [-0.3, -0.25) is 9.10 Å². The maximum Gasteiger partial charge on any atom is 0.251 e. The van der Waals surface area contributed by atoms with E-state index >= 15 is 0 Å². The van der Waals surface area contributed by atoms with Crippen molar-refractivity contribution in [3.05, 3.63) is 59.4 Å². The Morgan fingerprint density at radius 1 is 1.10 bits per heavy atom. The Morgan fingerprint density at radius 2 is 1.88 bits per heavy atom. The van der Waals surface area contributed by atoms with Crippen LogP contribution in [0.2, 0.25) is 0 Å². The highest BCUT2D eigenvalue weighted by molar-refractivity contribution is 7.92. The number of carbonyl (C=O) groups excluding carboxylic acids is 1. The summed E-state index contributed by atoms with van der Waals surface area (Å²) >= 11 is 0. The zero-order chi connectivity index (χ0) is 30.0. The van der Waals surface area contributed by atoms with Gasteiger partial charge in [0.2, 0.25) is 10.0 Å². The first-order valence-corrected chi connectivity index (χ1v) is 16.5. The molecule has 0 aromatic heterocycles. The Labute approximate surface area is 245 Å². The molecule has 41 heavy (non-hydrogen) atoms. The van der Waals surface area contributed by atoms with Crippen LogP contribution in [0.4, 0.5) is 15.8 Å². The lowest BCUT2D eigenvalue weighted by atomic mass is 9.99. The fourth-order valence-electron chi connectivity index (χ4n) is 5.12. The number of nitrogens with zero attached hydrogens (tertiary/aromatic N) is 1. The quantitative estimate of drug-likeness (QED) is 0.240. The Hall–Kier alpha value is -2.69. The van der Waals surface area contributed by atoms with Crippen LogP contribution in [0.5, 0.6) is 0 Å². The lowest BCUT2D eigenvalue weighted by Gasteiger charge is -2.29. The third-order valence-electron chi connectivity index (χ3n) is 7.42. The average molecular weight is 591 g/mol. The number of amides is 1. The van der Waals surface area contributed by atoms with Crippen LogP contribution in [0.15, 0.2) is 42.5 Å². The molecule has 4 N–H and O–H groups in total. The Kier molecular flexibility index (Phi) is 12.4. The van der Waals surface area contributed by atoms with Crippen LogP contribution in [0.3, 0.4) is 0 Å². The number of carbonyl (C=O) groups is 1. The highest BCUT2D eigenvalue weighted by atomic mass is 32.2. The third-order valence-corrected chi connectivity index (χ3v) is 9.29. The van der Waals surface area contributed by atoms with Crippen LogP contribution >= 0.6 is 0 Å². The standard InChI is InChI=1S/C31H47FN4O4S/c1-5-33-27-18-25(19-28(20-27)36-14-6-7-15-41(36,39)40)31(38)35-29(17-24-12-9-13-26(32)16-24)30(37)21-34-23(4)11-8-10-22(2)3/h9,12-13,16,18-20,22-23,29-30,33-34,37H,5-8,10-11,14-15,17,21H2,1-4H3,(H,35,38)/t23?,29-,30+/m0/s1. The van der Waals surface area contributed by atoms with E-state index in [0.717, 1.165) is 25.7 Å². The van der Waals surface area contributed by atoms with Crippen LogP contribution in [0.1, 0.15) is 75.7 Å². The van der Waals surface area contributed by atoms with Crippen LogP contribution < -0.4 is 20.3 Å². The van der Waals surface area contributed by atoms with Gasteiger partial charge in [-0.15, -0.1) is 0 Å². The van der Waals surface area contributed by atoms with Crippen molar-refractivity contribution < 1.29 is 22.7 Å². The average Bonchev–Trinajstić information content (AvgIpc) is 2.91. The molecule has 1 aliphatic rings. The van der Waals surface area contributed by atoms with E-state index in [1.807, 2.05) is 6.92 Å². The van der Waals surface area contributed by atoms with Crippen LogP contribution in [0, 0.1) is 11.7 Å². The Morgan fingerprint density at radius 3 is 2.56 bits per heavy atom. The van der Waals surface area contributed by atoms with Gasteiger partial charge in [-0.25, -0.2) is 12.8 Å². The monoisotopic (exact) mass is 590 g/mol. The molecule has 0 bridgehead atoms. The lowest BCUT2D eigenvalue weighted by molar-refractivity contribution is 0.0825. The van der Waals surface area contributed by atoms with E-state index in [-0.39, 0.29) is 36.1 Å². The summed E-state index contributed by atoms with van der Waals surface area (Å²) in [5.41, 5.74) is 2.01. The molecule has 2 aromatic rings. The first-order chi connectivity index (χ1) is 19.5. The summed E-state index contributed by atoms with van der Waals surface area (Å²) in [6.45, 7) is 9.62. The van der Waals surface area contributed by atoms with Gasteiger partial charge >= 0.3 is 0 Å². The molecule has 0 spiro atoms. The summed E-state index contributed by atoms with van der Waals surface area (Å²) in [5, 5.41) is 20.7. The topological polar surface area (TPSA) is 111 Å². The lowest BCUT2D eigenvalue weighted by Crippen LogP contribution is -2.49. The second-order valence-electron chi connectivity index (χ2n) is 11.5. The zero-order valence-electron chi connectivity index (χ0n) is 24.8. The number of aliphatic hydroxyl groups excluding tert-OH is 1. The minimum Gasteiger partial charge on any atom is -0.390 e. The van der Waals surface area contributed by atoms with Gasteiger partial charge in [0, 0.05) is 36.9 Å². The number of anilines is 2. The molecule has 8 nitrogen and oxygen atoms in total. The van der Waals surface area contributed by atoms with Crippen molar-refractivity contribution in [2.75, 3.05) is 35.0 Å². The summed E-state index contributed by atoms with van der Waals surface area (Å²) in [4.78, 5) is 13.6. The van der Waals surface area contributed by atoms with Gasteiger partial charge in [0.15, 0.2) is 0 Å². The number of hydrogen-bond acceptors (Lipinski definition) is 6. The van der Waals surface area contributed by atoms with E-state index in [2.05, 4.69) is 36.7 Å². The third kappa shape index (κ3) is 10.3. The van der Waals surface area contributed by atoms with Crippen molar-refractivity contribution in [3.8, 4) is 0 Å². The molecule has 10 heteroatoms. The first-order valence-electron chi connectivity index (χ1n) is 14.8. The van der Waals surface area contributed by atoms with Gasteiger partial charge < -0.3 is 21.1 Å². The molecule has 0 saturated carbocycles. The number of rotatable bonds is 15. The van der Waals surface area contributed by atoms with E-state index in [4.69, 9.17) is 0 Å². The molecule has 228 valence electrons. The van der Waals surface area contributed by atoms with Gasteiger partial charge in [0.1, 0.15) is 5.82 Å². The summed E-state index contributed by atoms with van der Waals surface area (Å²) in [5.74, 6) is -0.110. The van der Waals surface area contributed by atoms with Crippen LogP contribution in [0.25, 0.3) is 0 Å². The number of halogens is 1. The van der Waals surface area contributed by atoms with Gasteiger partial charge in [0.05, 0.1) is 23.6 Å². The fraction of sp³-hybridized carbons (Fsp3) is 0.581. The number of benzene rings is 2. The molecule has 3 rings (SSSR count). The van der Waals surface area contributed by atoms with Crippen molar-refractivity contribution in [1.29, 1.82) is 0 Å². The van der Waals surface area contributed by atoms with Crippen LogP contribution in [-0.2, 0) is 16.4 Å². The molecule has 1 fully saturated rings. The number of aliphatic hydroxyl groups is 1. The van der Waals surface area contributed by atoms with E-state index in [1.54, 1.807) is 30.3 Å². The smallest absolute Gasteiger partial charge is 0.251 e. The number of nitrogens with one attached hydrogen (secondary N) is 3. The van der Waals surface area contributed by atoms with Crippen molar-refractivity contribution in [3.63, 3.8) is 0 Å². The molecule has 0 radical (unpaired) electrons. The molecule has 1 amide bonds. The molecule has 1 saturated heterocycles. The minimum absolute atomic E-state index is 0.0742. The van der Waals surface area contributed by atoms with E-state index in [0.29, 0.717) is 42.4 Å². The highest BCUT2D eigenvalue weighted by Gasteiger charge is 2.28. The Balaban J connectivity index is 1.81. The van der Waals surface area contributed by atoms with Gasteiger partial charge in [0.25, 0.3) is 5.91 Å². The van der Waals surface area contributed by atoms with Crippen molar-refractivity contribution in [2.45, 2.75) is 84.4 Å². The number of hydrogen-bond donors (Lipinski definition) is 4. The Bertz CT molecular complexity index is 1240. The maximum absolute atomic E-state index is 14.0. The van der Waals surface area contributed by atoms with Gasteiger partial charge in [-0.05, 0) is 81.3 Å². The molecule has 2 aromatic carbocycles. The molecular weight excluding hydrogens is 543 g/mol. The normalized spacial score (nSPS) is 17.2. The molecular formula is C31H47FN4O4S. The minimum atomic E-state index is -3.47. The fourth-order valence-corrected chi connectivity index (χ4v) is 6.75. The summed E-state index contributed by atoms with van der Waals surface area (Å²) in [7, 11) is -3.47. The SMILES string of the molecule is CCNc1cc(C(=O)N[C@@H](Cc2cccc(F)c2)[C@H](O)CNC(C)CCCC(C)C)cc(N2CCCCS2(=O)=O)c1. The predicted molar refractivity (Wildman–Crippen MR) is 164 cm³/mol. The van der Waals surface area contributed by atoms with Gasteiger partial charge in [-0.2, -0.15) is 0 Å². The van der Waals surface area contributed by atoms with Gasteiger partial charge in [-0.1, -0.05) is 38.8 Å². The van der Waals surface area contributed by atoms with E-state index in [1.165, 1.54) is 16.4 Å².